The predicted octanol–water partition coefficient (Wildman–Crippen LogP) is 1.79. The fraction of sp³-hybridized carbons (Fsp3) is 0.125. The Morgan fingerprint density at radius 3 is 3.25 bits per heavy atom. The summed E-state index contributed by atoms with van der Waals surface area (Å²) in [7, 11) is 0. The van der Waals surface area contributed by atoms with Crippen LogP contribution in [0.15, 0.2) is 28.9 Å². The van der Waals surface area contributed by atoms with Crippen LogP contribution >= 0.6 is 0 Å². The normalized spacial score (nSPS) is 10.3. The minimum Gasteiger partial charge on any atom is -0.346 e. The Morgan fingerprint density at radius 1 is 1.50 bits per heavy atom. The summed E-state index contributed by atoms with van der Waals surface area (Å²) in [5.41, 5.74) is 2.02. The van der Waals surface area contributed by atoms with Crippen LogP contribution in [0.1, 0.15) is 5.56 Å². The van der Waals surface area contributed by atoms with Crippen molar-refractivity contribution in [2.75, 3.05) is 0 Å². The number of hydrogen-bond acceptors (Lipinski definition) is 3. The summed E-state index contributed by atoms with van der Waals surface area (Å²) in [6.07, 6.45) is 3.62. The van der Waals surface area contributed by atoms with Crippen LogP contribution in [0.3, 0.4) is 0 Å². The van der Waals surface area contributed by atoms with Gasteiger partial charge in [0.05, 0.1) is 6.54 Å². The Labute approximate surface area is 75.0 Å². The predicted molar refractivity (Wildman–Crippen MR) is 49.6 cm³/mol. The Balaban J connectivity index is 2.65. The molecule has 2 rings (SSSR count). The lowest BCUT2D eigenvalue weighted by molar-refractivity contribution is 1.11. The molecular weight excluding hydrogens is 170 g/mol. The summed E-state index contributed by atoms with van der Waals surface area (Å²) >= 11 is 4.57. The van der Waals surface area contributed by atoms with E-state index in [0.29, 0.717) is 6.54 Å². The van der Waals surface area contributed by atoms with E-state index in [-0.39, 0.29) is 0 Å². The fourth-order valence-electron chi connectivity index (χ4n) is 1.23. The molecule has 0 saturated heterocycles. The molecule has 0 saturated carbocycles. The van der Waals surface area contributed by atoms with Crippen LogP contribution in [-0.4, -0.2) is 9.97 Å². The highest BCUT2D eigenvalue weighted by Crippen LogP contribution is 2.15. The molecule has 2 aromatic heterocycles. The number of hydrogen-bond donors (Lipinski definition) is 1. The van der Waals surface area contributed by atoms with Gasteiger partial charge in [-0.05, 0) is 17.7 Å². The van der Waals surface area contributed by atoms with E-state index in [9.17, 15) is 0 Å². The molecule has 0 spiro atoms. The number of aromatic amines is 1. The smallest absolute Gasteiger partial charge is 0.137 e. The second-order valence-electron chi connectivity index (χ2n) is 2.50. The van der Waals surface area contributed by atoms with Gasteiger partial charge in [0, 0.05) is 30.2 Å². The maximum Gasteiger partial charge on any atom is 0.137 e. The molecule has 0 aliphatic rings. The maximum atomic E-state index is 4.57. The minimum absolute atomic E-state index is 0.576. The van der Waals surface area contributed by atoms with Gasteiger partial charge in [-0.1, -0.05) is 0 Å². The van der Waals surface area contributed by atoms with Gasteiger partial charge in [-0.15, -0.1) is 0 Å². The van der Waals surface area contributed by atoms with Crippen LogP contribution in [0.2, 0.25) is 0 Å². The number of nitrogens with zero attached hydrogens (tertiary/aromatic N) is 2. The third kappa shape index (κ3) is 1.10. The van der Waals surface area contributed by atoms with Gasteiger partial charge in [-0.25, -0.2) is 9.35 Å². The van der Waals surface area contributed by atoms with Crippen molar-refractivity contribution < 1.29 is 0 Å². The largest absolute Gasteiger partial charge is 0.346 e. The monoisotopic (exact) mass is 177 g/mol. The van der Waals surface area contributed by atoms with Gasteiger partial charge >= 0.3 is 0 Å². The Morgan fingerprint density at radius 2 is 2.42 bits per heavy atom. The SMILES string of the molecule is S=NCc1ccnc2[nH]ccc12. The molecule has 12 heavy (non-hydrogen) atoms. The number of pyridine rings is 1. The van der Waals surface area contributed by atoms with Gasteiger partial charge in [-0.2, -0.15) is 0 Å². The van der Waals surface area contributed by atoms with Crippen molar-refractivity contribution in [2.24, 2.45) is 4.36 Å². The lowest BCUT2D eigenvalue weighted by Gasteiger charge is -1.95. The third-order valence-corrected chi connectivity index (χ3v) is 1.91. The summed E-state index contributed by atoms with van der Waals surface area (Å²) in [6, 6.07) is 3.92. The zero-order chi connectivity index (χ0) is 8.39. The molecule has 0 amide bonds. The van der Waals surface area contributed by atoms with Crippen molar-refractivity contribution in [3.8, 4) is 0 Å². The van der Waals surface area contributed by atoms with E-state index in [0.717, 1.165) is 16.6 Å². The van der Waals surface area contributed by atoms with Gasteiger partial charge in [0.25, 0.3) is 0 Å². The number of nitrogens with one attached hydrogen (secondary N) is 1. The topological polar surface area (TPSA) is 41.0 Å². The average molecular weight is 177 g/mol. The quantitative estimate of drug-likeness (QED) is 0.759. The van der Waals surface area contributed by atoms with Crippen LogP contribution < -0.4 is 0 Å². The zero-order valence-corrected chi connectivity index (χ0v) is 7.14. The van der Waals surface area contributed by atoms with Crippen molar-refractivity contribution >= 4 is 23.5 Å². The van der Waals surface area contributed by atoms with Gasteiger partial charge in [0.2, 0.25) is 0 Å². The average Bonchev–Trinajstić information content (AvgIpc) is 2.53. The Hall–Kier alpha value is -1.29. The lowest BCUT2D eigenvalue weighted by atomic mass is 10.2. The first-order chi connectivity index (χ1) is 5.92. The summed E-state index contributed by atoms with van der Waals surface area (Å²) in [4.78, 5) is 7.18. The molecule has 2 heterocycles. The molecular formula is C8H7N3S. The molecule has 3 nitrogen and oxygen atoms in total. The molecule has 0 aromatic carbocycles. The van der Waals surface area contributed by atoms with Crippen molar-refractivity contribution in [2.45, 2.75) is 6.54 Å². The third-order valence-electron chi connectivity index (χ3n) is 1.79. The van der Waals surface area contributed by atoms with E-state index < -0.39 is 0 Å². The van der Waals surface area contributed by atoms with E-state index in [1.807, 2.05) is 18.3 Å². The Bertz CT molecular complexity index is 407. The molecule has 0 radical (unpaired) electrons. The molecule has 0 unspecified atom stereocenters. The summed E-state index contributed by atoms with van der Waals surface area (Å²) in [5, 5.41) is 1.10. The minimum atomic E-state index is 0.576. The second kappa shape index (κ2) is 2.98. The van der Waals surface area contributed by atoms with Gasteiger partial charge in [0.1, 0.15) is 5.65 Å². The highest BCUT2D eigenvalue weighted by molar-refractivity contribution is 7.47. The van der Waals surface area contributed by atoms with Crippen molar-refractivity contribution in [1.82, 2.24) is 9.97 Å². The zero-order valence-electron chi connectivity index (χ0n) is 6.32. The van der Waals surface area contributed by atoms with Crippen molar-refractivity contribution in [3.05, 3.63) is 30.1 Å². The first kappa shape index (κ1) is 7.36. The highest BCUT2D eigenvalue weighted by atomic mass is 32.1. The fourth-order valence-corrected chi connectivity index (χ4v) is 1.36. The first-order valence-corrected chi connectivity index (χ1v) is 3.98. The molecule has 4 heteroatoms. The lowest BCUT2D eigenvalue weighted by Crippen LogP contribution is -1.83. The second-order valence-corrected chi connectivity index (χ2v) is 2.76. The van der Waals surface area contributed by atoms with E-state index >= 15 is 0 Å². The summed E-state index contributed by atoms with van der Waals surface area (Å²) in [6.45, 7) is 0.576. The molecule has 2 aromatic rings. The Kier molecular flexibility index (Phi) is 1.83. The van der Waals surface area contributed by atoms with Crippen LogP contribution in [0.5, 0.6) is 0 Å². The first-order valence-electron chi connectivity index (χ1n) is 3.62. The number of rotatable bonds is 2. The number of aromatic nitrogens is 2. The molecule has 0 aliphatic heterocycles. The van der Waals surface area contributed by atoms with E-state index in [4.69, 9.17) is 0 Å². The van der Waals surface area contributed by atoms with E-state index in [1.54, 1.807) is 6.20 Å². The van der Waals surface area contributed by atoms with Crippen LogP contribution in [-0.2, 0) is 19.0 Å². The van der Waals surface area contributed by atoms with Crippen LogP contribution in [0.25, 0.3) is 11.0 Å². The molecule has 0 aliphatic carbocycles. The molecule has 0 atom stereocenters. The molecule has 1 N–H and O–H groups in total. The van der Waals surface area contributed by atoms with Gasteiger partial charge < -0.3 is 4.98 Å². The van der Waals surface area contributed by atoms with Crippen LogP contribution in [0, 0.1) is 0 Å². The molecule has 0 bridgehead atoms. The number of H-pyrrole nitrogens is 1. The standard InChI is InChI=1S/C8H7N3S/c12-11-5-6-1-3-9-8-7(6)2-4-10-8/h1-4H,5H2,(H,9,10). The molecule has 60 valence electrons. The van der Waals surface area contributed by atoms with Crippen molar-refractivity contribution in [1.29, 1.82) is 0 Å². The van der Waals surface area contributed by atoms with Crippen molar-refractivity contribution in [3.63, 3.8) is 0 Å². The summed E-state index contributed by atoms with van der Waals surface area (Å²) in [5.74, 6) is 0. The summed E-state index contributed by atoms with van der Waals surface area (Å²) < 4.78 is 3.68. The molecule has 0 fully saturated rings. The van der Waals surface area contributed by atoms with Crippen LogP contribution in [0.4, 0.5) is 0 Å². The van der Waals surface area contributed by atoms with E-state index in [1.165, 1.54) is 0 Å². The number of fused-ring (bicyclic) bond motifs is 1. The maximum absolute atomic E-state index is 4.57. The van der Waals surface area contributed by atoms with Gasteiger partial charge in [-0.3, -0.25) is 0 Å². The van der Waals surface area contributed by atoms with Gasteiger partial charge in [0.15, 0.2) is 0 Å². The highest BCUT2D eigenvalue weighted by Gasteiger charge is 2.00. The van der Waals surface area contributed by atoms with E-state index in [2.05, 4.69) is 26.8 Å².